The maximum atomic E-state index is 5.79. The molecule has 1 aliphatic rings. The summed E-state index contributed by atoms with van der Waals surface area (Å²) in [6.07, 6.45) is 7.66. The van der Waals surface area contributed by atoms with Crippen LogP contribution in [0, 0.1) is 12.3 Å². The summed E-state index contributed by atoms with van der Waals surface area (Å²) in [5.74, 6) is 3.30. The Bertz CT molecular complexity index is 226. The van der Waals surface area contributed by atoms with Gasteiger partial charge >= 0.3 is 5.96 Å². The standard InChI is InChI=1S/C9H15N3.HI/c1-3-7-12(4-2)9(10)11-8-5-6-8;/h1,8H,4-7H2,2H3,(H2,10,11);1H. The molecule has 0 radical (unpaired) electrons. The number of nitrogens with one attached hydrogen (secondary N) is 1. The molecule has 1 fully saturated rings. The van der Waals surface area contributed by atoms with Crippen molar-refractivity contribution in [2.75, 3.05) is 13.1 Å². The van der Waals surface area contributed by atoms with E-state index in [0.717, 1.165) is 12.5 Å². The summed E-state index contributed by atoms with van der Waals surface area (Å²) in [5.41, 5.74) is 5.79. The molecule has 0 heterocycles. The molecule has 74 valence electrons. The minimum atomic E-state index is 0. The van der Waals surface area contributed by atoms with Gasteiger partial charge in [-0.2, -0.15) is 0 Å². The van der Waals surface area contributed by atoms with Crippen LogP contribution in [-0.2, 0) is 0 Å². The Morgan fingerprint density at radius 2 is 2.31 bits per heavy atom. The van der Waals surface area contributed by atoms with Crippen molar-refractivity contribution in [2.24, 2.45) is 5.73 Å². The van der Waals surface area contributed by atoms with Crippen molar-refractivity contribution in [3.8, 4) is 12.3 Å². The highest BCUT2D eigenvalue weighted by atomic mass is 127. The third-order valence-corrected chi connectivity index (χ3v) is 1.93. The first-order valence-electron chi connectivity index (χ1n) is 4.35. The summed E-state index contributed by atoms with van der Waals surface area (Å²) in [6, 6.07) is 0.594. The molecular formula is C9H16IN3. The van der Waals surface area contributed by atoms with Gasteiger partial charge in [-0.15, -0.1) is 6.42 Å². The molecule has 1 saturated carbocycles. The predicted molar refractivity (Wildman–Crippen MR) is 49.9 cm³/mol. The minimum absolute atomic E-state index is 0. The first kappa shape index (κ1) is 12.6. The van der Waals surface area contributed by atoms with E-state index in [-0.39, 0.29) is 24.0 Å². The number of hydrogen-bond donors (Lipinski definition) is 2. The van der Waals surface area contributed by atoms with Gasteiger partial charge in [0.05, 0.1) is 12.6 Å². The Labute approximate surface area is 96.8 Å². The van der Waals surface area contributed by atoms with Crippen LogP contribution < -0.4 is 35.0 Å². The quantitative estimate of drug-likeness (QED) is 0.188. The minimum Gasteiger partial charge on any atom is -1.00 e. The Kier molecular flexibility index (Phi) is 5.88. The molecule has 0 atom stereocenters. The van der Waals surface area contributed by atoms with E-state index in [9.17, 15) is 0 Å². The SMILES string of the molecule is C#CC[N+](CC)=C(N)NC1CC1.[I-]. The first-order valence-corrected chi connectivity index (χ1v) is 4.35. The molecular weight excluding hydrogens is 277 g/mol. The van der Waals surface area contributed by atoms with E-state index in [4.69, 9.17) is 12.2 Å². The van der Waals surface area contributed by atoms with Gasteiger partial charge in [0.2, 0.25) is 0 Å². The molecule has 13 heavy (non-hydrogen) atoms. The molecule has 3 nitrogen and oxygen atoms in total. The maximum absolute atomic E-state index is 5.79. The van der Waals surface area contributed by atoms with Crippen LogP contribution in [0.2, 0.25) is 0 Å². The van der Waals surface area contributed by atoms with Crippen LogP contribution in [0.4, 0.5) is 0 Å². The Hall–Kier alpha value is -0.440. The normalized spacial score (nSPS) is 16.6. The van der Waals surface area contributed by atoms with E-state index in [1.165, 1.54) is 12.8 Å². The molecule has 0 unspecified atom stereocenters. The summed E-state index contributed by atoms with van der Waals surface area (Å²) < 4.78 is 1.96. The van der Waals surface area contributed by atoms with Crippen molar-refractivity contribution in [1.82, 2.24) is 5.32 Å². The van der Waals surface area contributed by atoms with Crippen molar-refractivity contribution >= 4 is 5.96 Å². The molecule has 0 saturated heterocycles. The van der Waals surface area contributed by atoms with E-state index in [0.29, 0.717) is 12.6 Å². The van der Waals surface area contributed by atoms with Crippen LogP contribution in [-0.4, -0.2) is 29.7 Å². The van der Waals surface area contributed by atoms with Gasteiger partial charge in [-0.3, -0.25) is 15.6 Å². The van der Waals surface area contributed by atoms with Crippen LogP contribution in [0.3, 0.4) is 0 Å². The zero-order chi connectivity index (χ0) is 8.97. The smallest absolute Gasteiger partial charge is 0.344 e. The highest BCUT2D eigenvalue weighted by molar-refractivity contribution is 5.73. The molecule has 0 aliphatic heterocycles. The monoisotopic (exact) mass is 293 g/mol. The topological polar surface area (TPSA) is 41.1 Å². The number of halogens is 1. The molecule has 1 rings (SSSR count). The van der Waals surface area contributed by atoms with E-state index in [2.05, 4.69) is 11.2 Å². The Balaban J connectivity index is 0.00000144. The van der Waals surface area contributed by atoms with Crippen LogP contribution in [0.5, 0.6) is 0 Å². The van der Waals surface area contributed by atoms with E-state index >= 15 is 0 Å². The maximum Gasteiger partial charge on any atom is 0.344 e. The highest BCUT2D eigenvalue weighted by Gasteiger charge is 2.26. The van der Waals surface area contributed by atoms with Gasteiger partial charge in [-0.05, 0) is 19.8 Å². The molecule has 4 heteroatoms. The second-order valence-electron chi connectivity index (χ2n) is 3.02. The van der Waals surface area contributed by atoms with Gasteiger partial charge in [0.15, 0.2) is 0 Å². The molecule has 3 N–H and O–H groups in total. The van der Waals surface area contributed by atoms with E-state index < -0.39 is 0 Å². The highest BCUT2D eigenvalue weighted by Crippen LogP contribution is 2.17. The molecule has 0 aromatic heterocycles. The Morgan fingerprint density at radius 1 is 1.69 bits per heavy atom. The zero-order valence-electron chi connectivity index (χ0n) is 7.89. The van der Waals surface area contributed by atoms with Gasteiger partial charge in [0.1, 0.15) is 6.54 Å². The van der Waals surface area contributed by atoms with Crippen molar-refractivity contribution in [3.63, 3.8) is 0 Å². The Morgan fingerprint density at radius 3 is 2.69 bits per heavy atom. The lowest BCUT2D eigenvalue weighted by Crippen LogP contribution is -3.00. The summed E-state index contributed by atoms with van der Waals surface area (Å²) in [5, 5.41) is 3.21. The fraction of sp³-hybridized carbons (Fsp3) is 0.667. The van der Waals surface area contributed by atoms with Crippen molar-refractivity contribution < 1.29 is 28.6 Å². The first-order chi connectivity index (χ1) is 5.77. The van der Waals surface area contributed by atoms with Gasteiger partial charge < -0.3 is 24.0 Å². The number of guanidine groups is 1. The van der Waals surface area contributed by atoms with Crippen LogP contribution >= 0.6 is 0 Å². The summed E-state index contributed by atoms with van der Waals surface area (Å²) >= 11 is 0. The molecule has 0 spiro atoms. The summed E-state index contributed by atoms with van der Waals surface area (Å²) in [7, 11) is 0. The molecule has 0 amide bonds. The fourth-order valence-electron chi connectivity index (χ4n) is 1.01. The van der Waals surface area contributed by atoms with Gasteiger partial charge in [-0.1, -0.05) is 5.92 Å². The van der Waals surface area contributed by atoms with Crippen LogP contribution in [0.25, 0.3) is 0 Å². The lowest BCUT2D eigenvalue weighted by Gasteiger charge is -2.05. The number of terminal acetylenes is 1. The second-order valence-corrected chi connectivity index (χ2v) is 3.02. The fourth-order valence-corrected chi connectivity index (χ4v) is 1.01. The molecule has 0 aromatic carbocycles. The zero-order valence-corrected chi connectivity index (χ0v) is 10.0. The predicted octanol–water partition coefficient (Wildman–Crippen LogP) is -3.28. The van der Waals surface area contributed by atoms with Crippen molar-refractivity contribution in [3.05, 3.63) is 0 Å². The lowest BCUT2D eigenvalue weighted by atomic mass is 10.5. The molecule has 0 aromatic rings. The van der Waals surface area contributed by atoms with Crippen molar-refractivity contribution in [2.45, 2.75) is 25.8 Å². The van der Waals surface area contributed by atoms with Gasteiger partial charge in [0, 0.05) is 0 Å². The van der Waals surface area contributed by atoms with Crippen LogP contribution in [0.1, 0.15) is 19.8 Å². The average molecular weight is 293 g/mol. The third kappa shape index (κ3) is 4.36. The average Bonchev–Trinajstić information content (AvgIpc) is 2.83. The van der Waals surface area contributed by atoms with Gasteiger partial charge in [-0.25, -0.2) is 0 Å². The van der Waals surface area contributed by atoms with E-state index in [1.54, 1.807) is 0 Å². The summed E-state index contributed by atoms with van der Waals surface area (Å²) in [4.78, 5) is 0. The van der Waals surface area contributed by atoms with Crippen molar-refractivity contribution in [1.29, 1.82) is 0 Å². The third-order valence-electron chi connectivity index (χ3n) is 1.93. The van der Waals surface area contributed by atoms with Crippen LogP contribution in [0.15, 0.2) is 0 Å². The molecule has 1 aliphatic carbocycles. The second kappa shape index (κ2) is 6.08. The lowest BCUT2D eigenvalue weighted by molar-refractivity contribution is -0.514. The largest absolute Gasteiger partial charge is 1.00 e. The molecule has 0 bridgehead atoms. The van der Waals surface area contributed by atoms with E-state index in [1.807, 2.05) is 11.5 Å². The van der Waals surface area contributed by atoms with Gasteiger partial charge in [0.25, 0.3) is 0 Å². The number of nitrogens with zero attached hydrogens (tertiary/aromatic N) is 1. The summed E-state index contributed by atoms with van der Waals surface area (Å²) in [6.45, 7) is 3.48. The number of hydrogen-bond acceptors (Lipinski definition) is 0. The number of nitrogens with two attached hydrogens (primary N) is 1. The number of rotatable bonds is 3.